The lowest BCUT2D eigenvalue weighted by molar-refractivity contribution is 1.18. The maximum atomic E-state index is 5.47. The van der Waals surface area contributed by atoms with Crippen LogP contribution in [0.3, 0.4) is 0 Å². The highest BCUT2D eigenvalue weighted by atomic mass is 15.0. The van der Waals surface area contributed by atoms with Gasteiger partial charge >= 0.3 is 0 Å². The van der Waals surface area contributed by atoms with Gasteiger partial charge in [0.2, 0.25) is 0 Å². The number of hydrogen-bond acceptors (Lipinski definition) is 2. The molecule has 67 heavy (non-hydrogen) atoms. The highest BCUT2D eigenvalue weighted by Gasteiger charge is 2.21. The van der Waals surface area contributed by atoms with Crippen LogP contribution in [0.15, 0.2) is 249 Å². The molecule has 0 amide bonds. The van der Waals surface area contributed by atoms with E-state index in [2.05, 4.69) is 253 Å². The van der Waals surface area contributed by atoms with Crippen LogP contribution in [0.5, 0.6) is 0 Å². The van der Waals surface area contributed by atoms with Gasteiger partial charge in [0.05, 0.1) is 22.4 Å². The summed E-state index contributed by atoms with van der Waals surface area (Å²) in [6, 6.07) is 89.4. The molecule has 0 atom stereocenters. The highest BCUT2D eigenvalue weighted by molar-refractivity contribution is 6.20. The molecule has 2 heterocycles. The lowest BCUT2D eigenvalue weighted by Gasteiger charge is -2.16. The number of rotatable bonds is 7. The average molecular weight is 852 g/mol. The first-order valence-corrected chi connectivity index (χ1v) is 22.9. The van der Waals surface area contributed by atoms with E-state index >= 15 is 0 Å². The molecule has 0 aliphatic rings. The smallest absolute Gasteiger partial charge is 0.160 e. The number of nitrogens with zero attached hydrogens (tertiary/aromatic N) is 3. The number of aromatic nitrogens is 3. The van der Waals surface area contributed by atoms with Gasteiger partial charge in [-0.15, -0.1) is 0 Å². The van der Waals surface area contributed by atoms with Gasteiger partial charge in [0, 0.05) is 38.7 Å². The largest absolute Gasteiger partial charge is 0.309 e. The van der Waals surface area contributed by atoms with Crippen molar-refractivity contribution in [2.24, 2.45) is 0 Å². The van der Waals surface area contributed by atoms with Gasteiger partial charge in [-0.05, 0) is 90.5 Å². The maximum absolute atomic E-state index is 5.47. The summed E-state index contributed by atoms with van der Waals surface area (Å²) in [4.78, 5) is 10.8. The number of para-hydroxylation sites is 3. The molecule has 0 saturated heterocycles. The average Bonchev–Trinajstić information content (AvgIpc) is 3.75. The van der Waals surface area contributed by atoms with Gasteiger partial charge in [-0.3, -0.25) is 0 Å². The Morgan fingerprint density at radius 1 is 0.284 bits per heavy atom. The van der Waals surface area contributed by atoms with Crippen molar-refractivity contribution >= 4 is 54.1 Å². The molecule has 312 valence electrons. The van der Waals surface area contributed by atoms with Gasteiger partial charge in [0.1, 0.15) is 0 Å². The van der Waals surface area contributed by atoms with Crippen molar-refractivity contribution in [3.63, 3.8) is 0 Å². The fourth-order valence-corrected chi connectivity index (χ4v) is 10.3. The van der Waals surface area contributed by atoms with Crippen LogP contribution >= 0.6 is 0 Å². The SMILES string of the molecule is c1ccc(-c2ccc(-c3cc(-c4ccccc4-c4cccc5c6ccccc6n(-c6ccccc6)c45)nc(-c4ccc(-c5c6ccccc6cc6c5ccc5ccccc56)cc4)n3)cc2)cc1. The van der Waals surface area contributed by atoms with Gasteiger partial charge in [-0.25, -0.2) is 9.97 Å². The molecule has 3 heteroatoms. The lowest BCUT2D eigenvalue weighted by atomic mass is 9.89. The van der Waals surface area contributed by atoms with E-state index in [9.17, 15) is 0 Å². The number of hydrogen-bond donors (Lipinski definition) is 0. The highest BCUT2D eigenvalue weighted by Crippen LogP contribution is 2.43. The summed E-state index contributed by atoms with van der Waals surface area (Å²) in [5, 5.41) is 9.89. The van der Waals surface area contributed by atoms with Crippen LogP contribution in [-0.2, 0) is 0 Å². The Labute approximate surface area is 388 Å². The maximum Gasteiger partial charge on any atom is 0.160 e. The van der Waals surface area contributed by atoms with Gasteiger partial charge in [-0.1, -0.05) is 218 Å². The Bertz CT molecular complexity index is 4000. The third-order valence-electron chi connectivity index (χ3n) is 13.4. The Kier molecular flexibility index (Phi) is 9.17. The van der Waals surface area contributed by atoms with Crippen molar-refractivity contribution in [2.45, 2.75) is 0 Å². The first kappa shape index (κ1) is 38.5. The van der Waals surface area contributed by atoms with Gasteiger partial charge in [-0.2, -0.15) is 0 Å². The molecule has 11 aromatic carbocycles. The van der Waals surface area contributed by atoms with E-state index in [0.717, 1.165) is 61.5 Å². The van der Waals surface area contributed by atoms with E-state index in [0.29, 0.717) is 5.82 Å². The zero-order valence-corrected chi connectivity index (χ0v) is 36.5. The Balaban J connectivity index is 0.996. The summed E-state index contributed by atoms with van der Waals surface area (Å²) < 4.78 is 2.41. The minimum atomic E-state index is 0.673. The molecule has 0 unspecified atom stereocenters. The van der Waals surface area contributed by atoms with Gasteiger partial charge in [0.15, 0.2) is 5.82 Å². The van der Waals surface area contributed by atoms with E-state index in [1.54, 1.807) is 0 Å². The second kappa shape index (κ2) is 16.0. The zero-order chi connectivity index (χ0) is 44.3. The van der Waals surface area contributed by atoms with Crippen LogP contribution in [0.25, 0.3) is 127 Å². The quantitative estimate of drug-likeness (QED) is 0.118. The Hall–Kier alpha value is -8.92. The molecule has 13 rings (SSSR count). The predicted octanol–water partition coefficient (Wildman–Crippen LogP) is 17.0. The molecule has 13 aromatic rings. The van der Waals surface area contributed by atoms with E-state index in [4.69, 9.17) is 9.97 Å². The van der Waals surface area contributed by atoms with Gasteiger partial charge < -0.3 is 4.57 Å². The third kappa shape index (κ3) is 6.59. The van der Waals surface area contributed by atoms with Crippen LogP contribution in [0.2, 0.25) is 0 Å². The molecule has 0 aliphatic heterocycles. The van der Waals surface area contributed by atoms with Crippen molar-refractivity contribution in [2.75, 3.05) is 0 Å². The van der Waals surface area contributed by atoms with Gasteiger partial charge in [0.25, 0.3) is 0 Å². The van der Waals surface area contributed by atoms with Crippen LogP contribution in [0.4, 0.5) is 0 Å². The van der Waals surface area contributed by atoms with E-state index < -0.39 is 0 Å². The standard InChI is InChI=1S/C64H41N3/c1-3-16-42(17-4-1)43-30-32-45(33-31-43)59-41-60(53-25-12-11-24-52(53)56-27-15-28-57-54-26-13-14-29-61(54)67(63(56)57)49-20-5-2-6-21-49)66-64(65-59)47-36-34-46(35-37-47)62-51-23-10-8-19-48(51)40-58-50-22-9-7-18-44(50)38-39-55(58)62/h1-41H. The molecule has 0 aliphatic carbocycles. The molecule has 0 N–H and O–H groups in total. The number of benzene rings is 11. The second-order valence-electron chi connectivity index (χ2n) is 17.3. The lowest BCUT2D eigenvalue weighted by Crippen LogP contribution is -1.98. The molecule has 2 aromatic heterocycles. The van der Waals surface area contributed by atoms with E-state index in [-0.39, 0.29) is 0 Å². The minimum absolute atomic E-state index is 0.673. The first-order chi connectivity index (χ1) is 33.2. The Morgan fingerprint density at radius 3 is 1.66 bits per heavy atom. The zero-order valence-electron chi connectivity index (χ0n) is 36.5. The summed E-state index contributed by atoms with van der Waals surface area (Å²) in [6.45, 7) is 0. The molecule has 3 nitrogen and oxygen atoms in total. The molecule has 0 fully saturated rings. The van der Waals surface area contributed by atoms with Crippen molar-refractivity contribution in [3.8, 4) is 73.0 Å². The summed E-state index contributed by atoms with van der Waals surface area (Å²) in [7, 11) is 0. The van der Waals surface area contributed by atoms with Crippen molar-refractivity contribution < 1.29 is 0 Å². The van der Waals surface area contributed by atoms with Crippen molar-refractivity contribution in [1.82, 2.24) is 14.5 Å². The van der Waals surface area contributed by atoms with Crippen molar-refractivity contribution in [3.05, 3.63) is 249 Å². The second-order valence-corrected chi connectivity index (χ2v) is 17.3. The monoisotopic (exact) mass is 851 g/mol. The molecular weight excluding hydrogens is 811 g/mol. The molecule has 0 saturated carbocycles. The normalized spacial score (nSPS) is 11.6. The molecule has 0 spiro atoms. The van der Waals surface area contributed by atoms with Crippen LogP contribution in [0, 0.1) is 0 Å². The predicted molar refractivity (Wildman–Crippen MR) is 282 cm³/mol. The first-order valence-electron chi connectivity index (χ1n) is 22.9. The minimum Gasteiger partial charge on any atom is -0.309 e. The van der Waals surface area contributed by atoms with Crippen LogP contribution < -0.4 is 0 Å². The van der Waals surface area contributed by atoms with Crippen LogP contribution in [0.1, 0.15) is 0 Å². The molecule has 0 radical (unpaired) electrons. The summed E-state index contributed by atoms with van der Waals surface area (Å²) in [5.74, 6) is 0.673. The molecular formula is C64H41N3. The van der Waals surface area contributed by atoms with E-state index in [1.165, 1.54) is 59.7 Å². The summed E-state index contributed by atoms with van der Waals surface area (Å²) >= 11 is 0. The fourth-order valence-electron chi connectivity index (χ4n) is 10.3. The topological polar surface area (TPSA) is 30.7 Å². The number of fused-ring (bicyclic) bond motifs is 7. The van der Waals surface area contributed by atoms with Crippen molar-refractivity contribution in [1.29, 1.82) is 0 Å². The Morgan fingerprint density at radius 2 is 0.851 bits per heavy atom. The third-order valence-corrected chi connectivity index (χ3v) is 13.4. The summed E-state index contributed by atoms with van der Waals surface area (Å²) in [5.41, 5.74) is 15.2. The molecule has 0 bridgehead atoms. The van der Waals surface area contributed by atoms with Crippen LogP contribution in [-0.4, -0.2) is 14.5 Å². The summed E-state index contributed by atoms with van der Waals surface area (Å²) in [6.07, 6.45) is 0. The fraction of sp³-hybridized carbons (Fsp3) is 0. The van der Waals surface area contributed by atoms with E-state index in [1.807, 2.05) is 0 Å².